The predicted molar refractivity (Wildman–Crippen MR) is 94.3 cm³/mol. The second-order valence-electron chi connectivity index (χ2n) is 6.44. The van der Waals surface area contributed by atoms with Gasteiger partial charge in [-0.05, 0) is 31.9 Å². The number of aromatic nitrogens is 2. The number of hydrogen-bond donors (Lipinski definition) is 0. The molecule has 0 radical (unpaired) electrons. The number of nitrogens with zero attached hydrogens (tertiary/aromatic N) is 4. The van der Waals surface area contributed by atoms with Crippen molar-refractivity contribution in [3.05, 3.63) is 28.2 Å². The van der Waals surface area contributed by atoms with E-state index in [1.807, 2.05) is 6.92 Å². The van der Waals surface area contributed by atoms with Crippen molar-refractivity contribution in [3.8, 4) is 0 Å². The quantitative estimate of drug-likeness (QED) is 0.765. The van der Waals surface area contributed by atoms with Crippen LogP contribution in [0.1, 0.15) is 43.4 Å². The smallest absolute Gasteiger partial charge is 0.252 e. The molecule has 0 aromatic carbocycles. The van der Waals surface area contributed by atoms with Crippen molar-refractivity contribution < 1.29 is 12.9 Å². The van der Waals surface area contributed by atoms with Crippen molar-refractivity contribution in [2.75, 3.05) is 26.2 Å². The minimum Gasteiger partial charge on any atom is -0.338 e. The summed E-state index contributed by atoms with van der Waals surface area (Å²) in [4.78, 5) is 6.68. The Hall–Kier alpha value is -1.000. The summed E-state index contributed by atoms with van der Waals surface area (Å²) in [5.41, 5.74) is 0. The largest absolute Gasteiger partial charge is 0.338 e. The summed E-state index contributed by atoms with van der Waals surface area (Å²) in [6.45, 7) is 4.15. The van der Waals surface area contributed by atoms with Crippen LogP contribution in [0.25, 0.3) is 0 Å². The standard InChI is InChI=1S/C15H19ClN4O3S2/c1-10(15-17-14(18-23-15)11-2-3-11)19-6-8-20(9-7-19)25(21,22)13-5-4-12(16)24-13/h4-5,10-11H,2-3,6-9H2,1H3. The molecule has 25 heavy (non-hydrogen) atoms. The number of piperazine rings is 1. The molecule has 0 bridgehead atoms. The molecule has 2 aromatic rings. The number of hydrogen-bond acceptors (Lipinski definition) is 7. The summed E-state index contributed by atoms with van der Waals surface area (Å²) in [6.07, 6.45) is 2.27. The van der Waals surface area contributed by atoms with E-state index < -0.39 is 10.0 Å². The zero-order chi connectivity index (χ0) is 17.6. The van der Waals surface area contributed by atoms with Gasteiger partial charge in [-0.1, -0.05) is 16.8 Å². The average Bonchev–Trinajstić information content (AvgIpc) is 3.16. The first kappa shape index (κ1) is 17.4. The second-order valence-corrected chi connectivity index (χ2v) is 10.3. The minimum atomic E-state index is -3.46. The van der Waals surface area contributed by atoms with Crippen molar-refractivity contribution in [1.82, 2.24) is 19.3 Å². The van der Waals surface area contributed by atoms with Crippen LogP contribution in [-0.4, -0.2) is 53.9 Å². The normalized spacial score (nSPS) is 21.5. The van der Waals surface area contributed by atoms with Crippen molar-refractivity contribution in [1.29, 1.82) is 0 Å². The lowest BCUT2D eigenvalue weighted by molar-refractivity contribution is 0.124. The van der Waals surface area contributed by atoms with Gasteiger partial charge in [-0.25, -0.2) is 8.42 Å². The Morgan fingerprint density at radius 2 is 2.00 bits per heavy atom. The van der Waals surface area contributed by atoms with E-state index in [1.165, 1.54) is 4.31 Å². The minimum absolute atomic E-state index is 0.0129. The molecule has 136 valence electrons. The maximum absolute atomic E-state index is 12.7. The molecule has 0 spiro atoms. The highest BCUT2D eigenvalue weighted by Gasteiger charge is 2.34. The Bertz CT molecular complexity index is 854. The number of halogens is 1. The maximum atomic E-state index is 12.7. The van der Waals surface area contributed by atoms with Crippen molar-refractivity contribution in [2.45, 2.75) is 35.9 Å². The van der Waals surface area contributed by atoms with E-state index in [0.29, 0.717) is 46.5 Å². The topological polar surface area (TPSA) is 79.5 Å². The zero-order valence-corrected chi connectivity index (χ0v) is 16.1. The van der Waals surface area contributed by atoms with Crippen LogP contribution >= 0.6 is 22.9 Å². The third-order valence-corrected chi connectivity index (χ3v) is 8.32. The fourth-order valence-electron chi connectivity index (χ4n) is 2.98. The van der Waals surface area contributed by atoms with Crippen LogP contribution in [0.5, 0.6) is 0 Å². The van der Waals surface area contributed by atoms with Crippen LogP contribution in [-0.2, 0) is 10.0 Å². The van der Waals surface area contributed by atoms with E-state index in [0.717, 1.165) is 30.0 Å². The first-order valence-electron chi connectivity index (χ1n) is 8.28. The van der Waals surface area contributed by atoms with Gasteiger partial charge in [-0.15, -0.1) is 11.3 Å². The third-order valence-electron chi connectivity index (χ3n) is 4.72. The van der Waals surface area contributed by atoms with Crippen LogP contribution < -0.4 is 0 Å². The van der Waals surface area contributed by atoms with Gasteiger partial charge in [-0.2, -0.15) is 9.29 Å². The highest BCUT2D eigenvalue weighted by atomic mass is 35.5. The molecule has 1 aliphatic carbocycles. The van der Waals surface area contributed by atoms with Gasteiger partial charge in [-0.3, -0.25) is 4.90 Å². The van der Waals surface area contributed by atoms with Crippen LogP contribution in [0.3, 0.4) is 0 Å². The molecule has 1 unspecified atom stereocenters. The van der Waals surface area contributed by atoms with Gasteiger partial charge in [0.1, 0.15) is 4.21 Å². The summed E-state index contributed by atoms with van der Waals surface area (Å²) in [5, 5.41) is 4.06. The van der Waals surface area contributed by atoms with Crippen LogP contribution in [0.4, 0.5) is 0 Å². The lowest BCUT2D eigenvalue weighted by Gasteiger charge is -2.35. The van der Waals surface area contributed by atoms with Gasteiger partial charge in [0.2, 0.25) is 5.89 Å². The van der Waals surface area contributed by atoms with E-state index in [4.69, 9.17) is 16.1 Å². The Labute approximate surface area is 155 Å². The van der Waals surface area contributed by atoms with Crippen molar-refractivity contribution >= 4 is 33.0 Å². The van der Waals surface area contributed by atoms with E-state index >= 15 is 0 Å². The molecule has 2 aromatic heterocycles. The molecule has 1 saturated heterocycles. The molecule has 10 heteroatoms. The van der Waals surface area contributed by atoms with Crippen LogP contribution in [0, 0.1) is 0 Å². The van der Waals surface area contributed by atoms with E-state index in [2.05, 4.69) is 15.0 Å². The van der Waals surface area contributed by atoms with Gasteiger partial charge >= 0.3 is 0 Å². The molecular formula is C15H19ClN4O3S2. The first-order chi connectivity index (χ1) is 11.9. The molecule has 0 N–H and O–H groups in total. The summed E-state index contributed by atoms with van der Waals surface area (Å²) >= 11 is 6.96. The lowest BCUT2D eigenvalue weighted by atomic mass is 10.2. The number of sulfonamides is 1. The van der Waals surface area contributed by atoms with E-state index in [1.54, 1.807) is 12.1 Å². The summed E-state index contributed by atoms with van der Waals surface area (Å²) in [7, 11) is -3.46. The maximum Gasteiger partial charge on any atom is 0.252 e. The molecule has 0 amide bonds. The summed E-state index contributed by atoms with van der Waals surface area (Å²) in [6, 6.07) is 3.17. The van der Waals surface area contributed by atoms with Crippen molar-refractivity contribution in [2.24, 2.45) is 0 Å². The average molecular weight is 403 g/mol. The fraction of sp³-hybridized carbons (Fsp3) is 0.600. The number of thiophene rings is 1. The Kier molecular flexibility index (Phi) is 4.61. The highest BCUT2D eigenvalue weighted by molar-refractivity contribution is 7.91. The van der Waals surface area contributed by atoms with Crippen LogP contribution in [0.2, 0.25) is 4.34 Å². The fourth-order valence-corrected chi connectivity index (χ4v) is 6.03. The van der Waals surface area contributed by atoms with E-state index in [9.17, 15) is 8.42 Å². The van der Waals surface area contributed by atoms with E-state index in [-0.39, 0.29) is 6.04 Å². The molecule has 1 saturated carbocycles. The molecule has 1 atom stereocenters. The van der Waals surface area contributed by atoms with Gasteiger partial charge in [0, 0.05) is 32.1 Å². The SMILES string of the molecule is CC(c1nc(C2CC2)no1)N1CCN(S(=O)(=O)c2ccc(Cl)s2)CC1. The second kappa shape index (κ2) is 6.62. The molecule has 1 aliphatic heterocycles. The van der Waals surface area contributed by atoms with Gasteiger partial charge in [0.25, 0.3) is 10.0 Å². The first-order valence-corrected chi connectivity index (χ1v) is 10.9. The molecule has 4 rings (SSSR count). The van der Waals surface area contributed by atoms with Crippen LogP contribution in [0.15, 0.2) is 20.9 Å². The predicted octanol–water partition coefficient (Wildman–Crippen LogP) is 2.73. The molecule has 2 aliphatic rings. The monoisotopic (exact) mass is 402 g/mol. The Morgan fingerprint density at radius 1 is 1.28 bits per heavy atom. The Morgan fingerprint density at radius 3 is 2.60 bits per heavy atom. The number of rotatable bonds is 5. The third kappa shape index (κ3) is 3.48. The Balaban J connectivity index is 1.40. The highest BCUT2D eigenvalue weighted by Crippen LogP contribution is 2.38. The van der Waals surface area contributed by atoms with Gasteiger partial charge in [0.15, 0.2) is 5.82 Å². The zero-order valence-electron chi connectivity index (χ0n) is 13.8. The molecule has 2 fully saturated rings. The lowest BCUT2D eigenvalue weighted by Crippen LogP contribution is -2.49. The van der Waals surface area contributed by atoms with Crippen molar-refractivity contribution in [3.63, 3.8) is 0 Å². The van der Waals surface area contributed by atoms with Gasteiger partial charge in [0.05, 0.1) is 10.4 Å². The molecule has 3 heterocycles. The molecule has 7 nitrogen and oxygen atoms in total. The summed E-state index contributed by atoms with van der Waals surface area (Å²) in [5.74, 6) is 1.88. The molecular weight excluding hydrogens is 384 g/mol. The van der Waals surface area contributed by atoms with Gasteiger partial charge < -0.3 is 4.52 Å². The summed E-state index contributed by atoms with van der Waals surface area (Å²) < 4.78 is 33.0.